The zero-order valence-electron chi connectivity index (χ0n) is 10.7. The minimum atomic E-state index is -3.34. The number of amides is 1. The van der Waals surface area contributed by atoms with E-state index in [0.717, 1.165) is 5.56 Å². The quantitative estimate of drug-likeness (QED) is 0.848. The molecular formula is C12H18N2O3S. The smallest absolute Gasteiger partial charge is 0.235 e. The van der Waals surface area contributed by atoms with Crippen molar-refractivity contribution in [2.75, 3.05) is 4.72 Å². The molecule has 0 aliphatic carbocycles. The third kappa shape index (κ3) is 3.46. The van der Waals surface area contributed by atoms with Crippen LogP contribution < -0.4 is 10.5 Å². The van der Waals surface area contributed by atoms with E-state index < -0.39 is 21.2 Å². The third-order valence-electron chi connectivity index (χ3n) is 2.72. The highest BCUT2D eigenvalue weighted by Crippen LogP contribution is 2.19. The molecule has 6 heteroatoms. The van der Waals surface area contributed by atoms with Gasteiger partial charge in [-0.2, -0.15) is 0 Å². The van der Waals surface area contributed by atoms with Crippen molar-refractivity contribution in [3.05, 3.63) is 29.8 Å². The zero-order chi connectivity index (χ0) is 13.9. The van der Waals surface area contributed by atoms with E-state index in [9.17, 15) is 13.2 Å². The number of nitrogens with one attached hydrogen (secondary N) is 1. The summed E-state index contributed by atoms with van der Waals surface area (Å²) in [6, 6.07) is 6.62. The summed E-state index contributed by atoms with van der Waals surface area (Å²) in [6.07, 6.45) is 0. The number of nitrogens with two attached hydrogens (primary N) is 1. The van der Waals surface area contributed by atoms with Crippen molar-refractivity contribution in [3.8, 4) is 0 Å². The highest BCUT2D eigenvalue weighted by atomic mass is 32.2. The summed E-state index contributed by atoms with van der Waals surface area (Å²) in [5.41, 5.74) is 6.43. The molecule has 0 radical (unpaired) electrons. The second-order valence-corrected chi connectivity index (χ2v) is 6.68. The lowest BCUT2D eigenvalue weighted by atomic mass is 10.0. The Morgan fingerprint density at radius 1 is 1.17 bits per heavy atom. The number of rotatable bonds is 5. The second kappa shape index (κ2) is 5.39. The Morgan fingerprint density at radius 2 is 1.67 bits per heavy atom. The van der Waals surface area contributed by atoms with Gasteiger partial charge in [0.05, 0.1) is 11.2 Å². The summed E-state index contributed by atoms with van der Waals surface area (Å²) in [5.74, 6) is -0.800. The number of hydrogen-bond donors (Lipinski definition) is 2. The second-order valence-electron chi connectivity index (χ2n) is 4.44. The molecule has 0 heterocycles. The van der Waals surface area contributed by atoms with Gasteiger partial charge in [0.1, 0.15) is 0 Å². The van der Waals surface area contributed by atoms with E-state index in [1.54, 1.807) is 45.0 Å². The van der Waals surface area contributed by atoms with Gasteiger partial charge < -0.3 is 5.73 Å². The topological polar surface area (TPSA) is 89.3 Å². The van der Waals surface area contributed by atoms with Crippen LogP contribution in [0.3, 0.4) is 0 Å². The molecule has 100 valence electrons. The van der Waals surface area contributed by atoms with Crippen LogP contribution in [0.15, 0.2) is 24.3 Å². The predicted octanol–water partition coefficient (Wildman–Crippen LogP) is 1.43. The number of benzene rings is 1. The Hall–Kier alpha value is -1.56. The van der Waals surface area contributed by atoms with E-state index in [1.165, 1.54) is 0 Å². The molecule has 1 aromatic carbocycles. The van der Waals surface area contributed by atoms with E-state index >= 15 is 0 Å². The van der Waals surface area contributed by atoms with Crippen LogP contribution in [0.4, 0.5) is 5.69 Å². The molecule has 1 amide bonds. The van der Waals surface area contributed by atoms with Gasteiger partial charge in [-0.1, -0.05) is 12.1 Å². The monoisotopic (exact) mass is 270 g/mol. The largest absolute Gasteiger partial charge is 0.369 e. The summed E-state index contributed by atoms with van der Waals surface area (Å²) in [7, 11) is -3.34. The van der Waals surface area contributed by atoms with Gasteiger partial charge >= 0.3 is 0 Å². The summed E-state index contributed by atoms with van der Waals surface area (Å²) in [4.78, 5) is 11.0. The summed E-state index contributed by atoms with van der Waals surface area (Å²) < 4.78 is 25.8. The van der Waals surface area contributed by atoms with Gasteiger partial charge in [0, 0.05) is 5.69 Å². The van der Waals surface area contributed by atoms with Gasteiger partial charge in [-0.3, -0.25) is 9.52 Å². The molecule has 1 aromatic rings. The number of carbonyl (C=O) groups is 1. The molecule has 0 unspecified atom stereocenters. The van der Waals surface area contributed by atoms with Gasteiger partial charge in [0.2, 0.25) is 15.9 Å². The van der Waals surface area contributed by atoms with Gasteiger partial charge in [-0.05, 0) is 38.5 Å². The fourth-order valence-corrected chi connectivity index (χ4v) is 1.99. The van der Waals surface area contributed by atoms with Crippen LogP contribution in [0.1, 0.15) is 32.3 Å². The highest BCUT2D eigenvalue weighted by Gasteiger charge is 2.16. The number of carbonyl (C=O) groups excluding carboxylic acids is 1. The van der Waals surface area contributed by atoms with E-state index in [1.807, 2.05) is 0 Å². The van der Waals surface area contributed by atoms with Crippen molar-refractivity contribution < 1.29 is 13.2 Å². The summed E-state index contributed by atoms with van der Waals surface area (Å²) in [5, 5.41) is -0.498. The van der Waals surface area contributed by atoms with E-state index in [-0.39, 0.29) is 5.92 Å². The number of anilines is 1. The maximum Gasteiger partial charge on any atom is 0.235 e. The van der Waals surface area contributed by atoms with Crippen LogP contribution >= 0.6 is 0 Å². The fraction of sp³-hybridized carbons (Fsp3) is 0.417. The van der Waals surface area contributed by atoms with Gasteiger partial charge in [0.25, 0.3) is 0 Å². The molecule has 0 bridgehead atoms. The van der Waals surface area contributed by atoms with Crippen molar-refractivity contribution in [2.24, 2.45) is 5.73 Å². The average molecular weight is 270 g/mol. The first-order valence-electron chi connectivity index (χ1n) is 5.65. The fourth-order valence-electron chi connectivity index (χ4n) is 1.29. The first kappa shape index (κ1) is 14.5. The molecule has 0 aromatic heterocycles. The lowest BCUT2D eigenvalue weighted by Gasteiger charge is -2.12. The number of hydrogen-bond acceptors (Lipinski definition) is 3. The Labute approximate surface area is 107 Å². The van der Waals surface area contributed by atoms with Crippen LogP contribution in [0.5, 0.6) is 0 Å². The summed E-state index contributed by atoms with van der Waals surface area (Å²) >= 11 is 0. The van der Waals surface area contributed by atoms with Gasteiger partial charge in [0.15, 0.2) is 0 Å². The summed E-state index contributed by atoms with van der Waals surface area (Å²) in [6.45, 7) is 4.91. The molecule has 0 aliphatic heterocycles. The van der Waals surface area contributed by atoms with Crippen molar-refractivity contribution in [1.29, 1.82) is 0 Å². The van der Waals surface area contributed by atoms with Crippen molar-refractivity contribution in [2.45, 2.75) is 31.9 Å². The Balaban J connectivity index is 2.88. The molecule has 0 spiro atoms. The maximum absolute atomic E-state index is 11.6. The minimum Gasteiger partial charge on any atom is -0.369 e. The Bertz CT molecular complexity index is 521. The Kier molecular flexibility index (Phi) is 4.34. The van der Waals surface area contributed by atoms with Crippen LogP contribution in [0.2, 0.25) is 0 Å². The first-order chi connectivity index (χ1) is 8.24. The van der Waals surface area contributed by atoms with Crippen molar-refractivity contribution in [3.63, 3.8) is 0 Å². The molecule has 0 fully saturated rings. The van der Waals surface area contributed by atoms with E-state index in [0.29, 0.717) is 5.69 Å². The van der Waals surface area contributed by atoms with E-state index in [4.69, 9.17) is 5.73 Å². The molecule has 1 rings (SSSR count). The standard InChI is InChI=1S/C12H18N2O3S/c1-8(2)18(16,17)14-11-6-4-10(5-7-11)9(3)12(13)15/h4-9,14H,1-3H3,(H2,13,15)/t9-/m0/s1. The van der Waals surface area contributed by atoms with Crippen LogP contribution in [-0.2, 0) is 14.8 Å². The van der Waals surface area contributed by atoms with Crippen LogP contribution in [0.25, 0.3) is 0 Å². The Morgan fingerprint density at radius 3 is 2.06 bits per heavy atom. The zero-order valence-corrected chi connectivity index (χ0v) is 11.5. The molecule has 0 saturated carbocycles. The van der Waals surface area contributed by atoms with Crippen LogP contribution in [-0.4, -0.2) is 19.6 Å². The minimum absolute atomic E-state index is 0.388. The highest BCUT2D eigenvalue weighted by molar-refractivity contribution is 7.93. The lowest BCUT2D eigenvalue weighted by molar-refractivity contribution is -0.119. The van der Waals surface area contributed by atoms with Crippen LogP contribution in [0, 0.1) is 0 Å². The SMILES string of the molecule is CC(C)S(=O)(=O)Nc1ccc([C@H](C)C(N)=O)cc1. The van der Waals surface area contributed by atoms with E-state index in [2.05, 4.69) is 4.72 Å². The molecule has 0 aliphatic rings. The lowest BCUT2D eigenvalue weighted by Crippen LogP contribution is -2.22. The van der Waals surface area contributed by atoms with Crippen molar-refractivity contribution >= 4 is 21.6 Å². The maximum atomic E-state index is 11.6. The predicted molar refractivity (Wildman–Crippen MR) is 71.7 cm³/mol. The van der Waals surface area contributed by atoms with Gasteiger partial charge in [-0.25, -0.2) is 8.42 Å². The molecule has 3 N–H and O–H groups in total. The molecule has 0 saturated heterocycles. The average Bonchev–Trinajstić information content (AvgIpc) is 2.28. The normalized spacial score (nSPS) is 13.3. The first-order valence-corrected chi connectivity index (χ1v) is 7.19. The molecule has 1 atom stereocenters. The van der Waals surface area contributed by atoms with Crippen molar-refractivity contribution in [1.82, 2.24) is 0 Å². The number of primary amides is 1. The third-order valence-corrected chi connectivity index (χ3v) is 4.48. The molecule has 5 nitrogen and oxygen atoms in total. The van der Waals surface area contributed by atoms with Gasteiger partial charge in [-0.15, -0.1) is 0 Å². The number of sulfonamides is 1. The molecule has 18 heavy (non-hydrogen) atoms. The molecular weight excluding hydrogens is 252 g/mol.